The van der Waals surface area contributed by atoms with Gasteiger partial charge in [-0.05, 0) is 12.3 Å². The van der Waals surface area contributed by atoms with E-state index in [0.717, 1.165) is 13.0 Å². The van der Waals surface area contributed by atoms with Crippen molar-refractivity contribution >= 4 is 23.2 Å². The normalized spacial score (nSPS) is 35.3. The summed E-state index contributed by atoms with van der Waals surface area (Å²) < 4.78 is 5.29. The molecule has 1 nitrogen and oxygen atoms in total. The van der Waals surface area contributed by atoms with Crippen molar-refractivity contribution in [2.24, 2.45) is 5.92 Å². The van der Waals surface area contributed by atoms with Gasteiger partial charge in [0.1, 0.15) is 0 Å². The summed E-state index contributed by atoms with van der Waals surface area (Å²) in [5.74, 6) is 1.84. The van der Waals surface area contributed by atoms with E-state index in [1.54, 1.807) is 0 Å². The number of hydrogen-bond donors (Lipinski definition) is 0. The monoisotopic (exact) mass is 168 g/mol. The van der Waals surface area contributed by atoms with E-state index in [1.165, 1.54) is 0 Å². The van der Waals surface area contributed by atoms with E-state index in [2.05, 4.69) is 0 Å². The minimum absolute atomic E-state index is 0.260. The van der Waals surface area contributed by atoms with Crippen molar-refractivity contribution in [3.8, 4) is 0 Å². The van der Waals surface area contributed by atoms with Crippen LogP contribution in [-0.4, -0.2) is 24.5 Å². The molecular weight excluding hydrogens is 159 g/mol. The molecule has 0 aliphatic carbocycles. The predicted molar refractivity (Wildman–Crippen MR) is 39.3 cm³/mol. The topological polar surface area (TPSA) is 9.23 Å². The molecule has 0 radical (unpaired) electrons. The van der Waals surface area contributed by atoms with Gasteiger partial charge in [0.15, 0.2) is 0 Å². The van der Waals surface area contributed by atoms with Crippen molar-refractivity contribution in [1.29, 1.82) is 0 Å². The molecule has 9 heavy (non-hydrogen) atoms. The first-order valence-electron chi connectivity index (χ1n) is 3.10. The molecule has 0 saturated carbocycles. The second-order valence-electron chi connectivity index (χ2n) is 2.37. The second-order valence-corrected chi connectivity index (χ2v) is 2.98. The van der Waals surface area contributed by atoms with Gasteiger partial charge in [-0.25, -0.2) is 0 Å². The van der Waals surface area contributed by atoms with Crippen LogP contribution < -0.4 is 0 Å². The maximum absolute atomic E-state index is 5.61. The summed E-state index contributed by atoms with van der Waals surface area (Å²) in [6.07, 6.45) is 1.29. The first-order valence-corrected chi connectivity index (χ1v) is 4.17. The van der Waals surface area contributed by atoms with Gasteiger partial charge in [-0.1, -0.05) is 0 Å². The SMILES string of the molecule is ClCC1COC(CCl)C1. The zero-order chi connectivity index (χ0) is 6.69. The van der Waals surface area contributed by atoms with Crippen molar-refractivity contribution in [3.63, 3.8) is 0 Å². The highest BCUT2D eigenvalue weighted by molar-refractivity contribution is 6.18. The van der Waals surface area contributed by atoms with Gasteiger partial charge in [0, 0.05) is 11.8 Å². The van der Waals surface area contributed by atoms with E-state index in [1.807, 2.05) is 0 Å². The predicted octanol–water partition coefficient (Wildman–Crippen LogP) is 1.87. The summed E-state index contributed by atoms with van der Waals surface area (Å²) >= 11 is 11.2. The van der Waals surface area contributed by atoms with E-state index in [9.17, 15) is 0 Å². The summed E-state index contributed by atoms with van der Waals surface area (Å²) in [7, 11) is 0. The Bertz CT molecular complexity index is 77.1. The Kier molecular flexibility index (Phi) is 3.10. The second kappa shape index (κ2) is 3.65. The average molecular weight is 169 g/mol. The highest BCUT2D eigenvalue weighted by atomic mass is 35.5. The fourth-order valence-corrected chi connectivity index (χ4v) is 1.43. The molecule has 1 fully saturated rings. The van der Waals surface area contributed by atoms with Crippen LogP contribution in [0.4, 0.5) is 0 Å². The standard InChI is InChI=1S/C6H10Cl2O/c7-2-5-1-6(3-8)9-4-5/h5-6H,1-4H2. The number of alkyl halides is 2. The molecule has 1 saturated heterocycles. The van der Waals surface area contributed by atoms with Gasteiger partial charge >= 0.3 is 0 Å². The van der Waals surface area contributed by atoms with Gasteiger partial charge in [-0.2, -0.15) is 0 Å². The van der Waals surface area contributed by atoms with Crippen molar-refractivity contribution in [2.75, 3.05) is 18.4 Å². The third-order valence-corrected chi connectivity index (χ3v) is 2.33. The van der Waals surface area contributed by atoms with Crippen molar-refractivity contribution in [2.45, 2.75) is 12.5 Å². The third-order valence-electron chi connectivity index (χ3n) is 1.55. The lowest BCUT2D eigenvalue weighted by atomic mass is 10.1. The number of rotatable bonds is 2. The zero-order valence-corrected chi connectivity index (χ0v) is 6.66. The van der Waals surface area contributed by atoms with E-state index in [0.29, 0.717) is 17.7 Å². The zero-order valence-electron chi connectivity index (χ0n) is 5.15. The van der Waals surface area contributed by atoms with Crippen molar-refractivity contribution in [1.82, 2.24) is 0 Å². The lowest BCUT2D eigenvalue weighted by molar-refractivity contribution is 0.123. The van der Waals surface area contributed by atoms with Crippen LogP contribution in [0, 0.1) is 5.92 Å². The Balaban J connectivity index is 2.20. The van der Waals surface area contributed by atoms with Crippen molar-refractivity contribution < 1.29 is 4.74 Å². The number of halogens is 2. The van der Waals surface area contributed by atoms with E-state index in [4.69, 9.17) is 27.9 Å². The maximum atomic E-state index is 5.61. The van der Waals surface area contributed by atoms with Crippen LogP contribution in [0.2, 0.25) is 0 Å². The quantitative estimate of drug-likeness (QED) is 0.573. The Hall–Kier alpha value is 0.540. The van der Waals surface area contributed by atoms with Crippen LogP contribution >= 0.6 is 23.2 Å². The summed E-state index contributed by atoms with van der Waals surface area (Å²) in [5.41, 5.74) is 0. The maximum Gasteiger partial charge on any atom is 0.0714 e. The molecule has 1 aliphatic heterocycles. The minimum atomic E-state index is 0.260. The van der Waals surface area contributed by atoms with E-state index >= 15 is 0 Å². The molecule has 0 aromatic heterocycles. The third kappa shape index (κ3) is 1.99. The molecule has 3 heteroatoms. The van der Waals surface area contributed by atoms with Gasteiger partial charge in [0.05, 0.1) is 12.7 Å². The van der Waals surface area contributed by atoms with Crippen LogP contribution in [0.15, 0.2) is 0 Å². The molecule has 2 atom stereocenters. The lowest BCUT2D eigenvalue weighted by Crippen LogP contribution is -2.06. The Labute approximate surface area is 65.3 Å². The van der Waals surface area contributed by atoms with Crippen LogP contribution in [0.25, 0.3) is 0 Å². The molecule has 0 N–H and O–H groups in total. The van der Waals surface area contributed by atoms with Crippen LogP contribution in [-0.2, 0) is 4.74 Å². The molecule has 0 bridgehead atoms. The molecule has 1 heterocycles. The molecule has 0 spiro atoms. The van der Waals surface area contributed by atoms with E-state index < -0.39 is 0 Å². The molecule has 1 rings (SSSR count). The highest BCUT2D eigenvalue weighted by Crippen LogP contribution is 2.20. The first-order chi connectivity index (χ1) is 4.36. The number of hydrogen-bond acceptors (Lipinski definition) is 1. The average Bonchev–Trinajstić information content (AvgIpc) is 2.34. The summed E-state index contributed by atoms with van der Waals surface area (Å²) in [6, 6.07) is 0. The first kappa shape index (κ1) is 7.64. The molecular formula is C6H10Cl2O. The van der Waals surface area contributed by atoms with Gasteiger partial charge in [0.25, 0.3) is 0 Å². The lowest BCUT2D eigenvalue weighted by Gasteiger charge is -2.01. The molecule has 0 amide bonds. The van der Waals surface area contributed by atoms with Crippen molar-refractivity contribution in [3.05, 3.63) is 0 Å². The Morgan fingerprint density at radius 2 is 2.11 bits per heavy atom. The largest absolute Gasteiger partial charge is 0.377 e. The smallest absolute Gasteiger partial charge is 0.0714 e. The Morgan fingerprint density at radius 1 is 1.33 bits per heavy atom. The van der Waals surface area contributed by atoms with Gasteiger partial charge < -0.3 is 4.74 Å². The van der Waals surface area contributed by atoms with Crippen LogP contribution in [0.5, 0.6) is 0 Å². The molecule has 54 valence electrons. The van der Waals surface area contributed by atoms with Gasteiger partial charge in [-0.15, -0.1) is 23.2 Å². The fourth-order valence-electron chi connectivity index (χ4n) is 0.995. The summed E-state index contributed by atoms with van der Waals surface area (Å²) in [4.78, 5) is 0. The Morgan fingerprint density at radius 3 is 2.44 bits per heavy atom. The fraction of sp³-hybridized carbons (Fsp3) is 1.00. The van der Waals surface area contributed by atoms with Gasteiger partial charge in [0.2, 0.25) is 0 Å². The minimum Gasteiger partial charge on any atom is -0.377 e. The van der Waals surface area contributed by atoms with Crippen LogP contribution in [0.3, 0.4) is 0 Å². The molecule has 0 aromatic rings. The summed E-state index contributed by atoms with van der Waals surface area (Å²) in [6.45, 7) is 0.793. The van der Waals surface area contributed by atoms with Crippen LogP contribution in [0.1, 0.15) is 6.42 Å². The van der Waals surface area contributed by atoms with E-state index in [-0.39, 0.29) is 6.10 Å². The number of ether oxygens (including phenoxy) is 1. The molecule has 0 aromatic carbocycles. The van der Waals surface area contributed by atoms with Gasteiger partial charge in [-0.3, -0.25) is 0 Å². The molecule has 2 unspecified atom stereocenters. The highest BCUT2D eigenvalue weighted by Gasteiger charge is 2.23. The summed E-state index contributed by atoms with van der Waals surface area (Å²) in [5, 5.41) is 0. The molecule has 1 aliphatic rings.